The number of fused-ring (bicyclic) bond motifs is 1. The van der Waals surface area contributed by atoms with E-state index in [2.05, 4.69) is 23.5 Å². The lowest BCUT2D eigenvalue weighted by Gasteiger charge is -2.20. The first-order valence-electron chi connectivity index (χ1n) is 8.41. The summed E-state index contributed by atoms with van der Waals surface area (Å²) in [5.74, 6) is -0.0367. The number of nitrogens with one attached hydrogen (secondary N) is 1. The Kier molecular flexibility index (Phi) is 5.14. The lowest BCUT2D eigenvalue weighted by atomic mass is 9.89. The summed E-state index contributed by atoms with van der Waals surface area (Å²) >= 11 is 0. The quantitative estimate of drug-likeness (QED) is 0.903. The van der Waals surface area contributed by atoms with Gasteiger partial charge in [-0.1, -0.05) is 18.2 Å². The van der Waals surface area contributed by atoms with Crippen molar-refractivity contribution in [3.8, 4) is 5.75 Å². The smallest absolute Gasteiger partial charge is 0.258 e. The van der Waals surface area contributed by atoms with E-state index in [1.807, 2.05) is 6.92 Å². The van der Waals surface area contributed by atoms with Crippen molar-refractivity contribution >= 4 is 5.91 Å². The molecule has 0 unspecified atom stereocenters. The molecule has 0 bridgehead atoms. The number of ether oxygens (including phenoxy) is 1. The van der Waals surface area contributed by atoms with Crippen molar-refractivity contribution in [2.45, 2.75) is 38.6 Å². The minimum atomic E-state index is -0.326. The van der Waals surface area contributed by atoms with Crippen LogP contribution < -0.4 is 10.1 Å². The zero-order valence-electron chi connectivity index (χ0n) is 13.8. The maximum atomic E-state index is 12.8. The van der Waals surface area contributed by atoms with Crippen LogP contribution in [0.2, 0.25) is 0 Å². The molecule has 2 aromatic carbocycles. The van der Waals surface area contributed by atoms with Crippen molar-refractivity contribution in [2.24, 2.45) is 0 Å². The van der Waals surface area contributed by atoms with Crippen molar-refractivity contribution in [3.05, 3.63) is 65.0 Å². The topological polar surface area (TPSA) is 38.3 Å². The summed E-state index contributed by atoms with van der Waals surface area (Å²) in [5.41, 5.74) is 3.95. The van der Waals surface area contributed by atoms with Crippen LogP contribution in [0.5, 0.6) is 5.75 Å². The third-order valence-corrected chi connectivity index (χ3v) is 4.43. The number of carbonyl (C=O) groups is 1. The Labute approximate surface area is 141 Å². The van der Waals surface area contributed by atoms with Gasteiger partial charge in [0.2, 0.25) is 0 Å². The Bertz CT molecular complexity index is 712. The van der Waals surface area contributed by atoms with Crippen LogP contribution in [-0.4, -0.2) is 12.5 Å². The van der Waals surface area contributed by atoms with Crippen LogP contribution in [0.3, 0.4) is 0 Å². The van der Waals surface area contributed by atoms with Crippen LogP contribution in [0, 0.1) is 5.82 Å². The SMILES string of the molecule is C[C@H](NC(=O)COc1ccc(F)cc1)c1ccc2c(c1)CCCC2. The van der Waals surface area contributed by atoms with E-state index >= 15 is 0 Å². The molecule has 0 radical (unpaired) electrons. The Morgan fingerprint density at radius 3 is 2.58 bits per heavy atom. The maximum absolute atomic E-state index is 12.8. The first-order valence-corrected chi connectivity index (χ1v) is 8.41. The van der Waals surface area contributed by atoms with Crippen LogP contribution in [0.25, 0.3) is 0 Å². The van der Waals surface area contributed by atoms with Gasteiger partial charge in [0.1, 0.15) is 11.6 Å². The van der Waals surface area contributed by atoms with Gasteiger partial charge in [-0.15, -0.1) is 0 Å². The average molecular weight is 327 g/mol. The molecule has 4 heteroatoms. The average Bonchev–Trinajstić information content (AvgIpc) is 2.61. The molecule has 0 heterocycles. The highest BCUT2D eigenvalue weighted by Crippen LogP contribution is 2.24. The van der Waals surface area contributed by atoms with E-state index in [4.69, 9.17) is 4.74 Å². The molecule has 0 aromatic heterocycles. The second-order valence-electron chi connectivity index (χ2n) is 6.27. The second kappa shape index (κ2) is 7.47. The number of aryl methyl sites for hydroxylation is 2. The van der Waals surface area contributed by atoms with Crippen molar-refractivity contribution in [1.82, 2.24) is 5.32 Å². The van der Waals surface area contributed by atoms with Gasteiger partial charge in [0.15, 0.2) is 6.61 Å². The van der Waals surface area contributed by atoms with E-state index in [0.29, 0.717) is 5.75 Å². The van der Waals surface area contributed by atoms with Gasteiger partial charge in [-0.3, -0.25) is 4.79 Å². The minimum absolute atomic E-state index is 0.0680. The Hall–Kier alpha value is -2.36. The number of hydrogen-bond donors (Lipinski definition) is 1. The zero-order chi connectivity index (χ0) is 16.9. The molecule has 0 spiro atoms. The predicted octanol–water partition coefficient (Wildman–Crippen LogP) is 3.96. The molecule has 1 aliphatic carbocycles. The highest BCUT2D eigenvalue weighted by Gasteiger charge is 2.14. The summed E-state index contributed by atoms with van der Waals surface area (Å²) in [4.78, 5) is 12.0. The summed E-state index contributed by atoms with van der Waals surface area (Å²) in [5, 5.41) is 2.95. The summed E-state index contributed by atoms with van der Waals surface area (Å²) in [6, 6.07) is 12.1. The van der Waals surface area contributed by atoms with E-state index in [-0.39, 0.29) is 24.4 Å². The van der Waals surface area contributed by atoms with Gasteiger partial charge < -0.3 is 10.1 Å². The Balaban J connectivity index is 1.55. The maximum Gasteiger partial charge on any atom is 0.258 e. The van der Waals surface area contributed by atoms with E-state index in [1.165, 1.54) is 48.2 Å². The number of halogens is 1. The molecule has 1 N–H and O–H groups in total. The summed E-state index contributed by atoms with van der Waals surface area (Å²) < 4.78 is 18.2. The van der Waals surface area contributed by atoms with Crippen LogP contribution in [-0.2, 0) is 17.6 Å². The molecule has 1 aliphatic rings. The molecule has 0 fully saturated rings. The molecule has 24 heavy (non-hydrogen) atoms. The van der Waals surface area contributed by atoms with Crippen molar-refractivity contribution in [1.29, 1.82) is 0 Å². The molecule has 1 atom stereocenters. The molecule has 0 saturated carbocycles. The first kappa shape index (κ1) is 16.5. The van der Waals surface area contributed by atoms with Gasteiger partial charge in [-0.05, 0) is 73.6 Å². The number of carbonyl (C=O) groups excluding carboxylic acids is 1. The fourth-order valence-corrected chi connectivity index (χ4v) is 3.07. The predicted molar refractivity (Wildman–Crippen MR) is 91.5 cm³/mol. The molecule has 3 nitrogen and oxygen atoms in total. The van der Waals surface area contributed by atoms with Crippen LogP contribution >= 0.6 is 0 Å². The van der Waals surface area contributed by atoms with E-state index < -0.39 is 0 Å². The van der Waals surface area contributed by atoms with Crippen molar-refractivity contribution < 1.29 is 13.9 Å². The molecular formula is C20H22FNO2. The molecule has 1 amide bonds. The normalized spacial score (nSPS) is 14.6. The molecule has 0 aliphatic heterocycles. The van der Waals surface area contributed by atoms with Gasteiger partial charge in [0.05, 0.1) is 6.04 Å². The second-order valence-corrected chi connectivity index (χ2v) is 6.27. The highest BCUT2D eigenvalue weighted by molar-refractivity contribution is 5.78. The fourth-order valence-electron chi connectivity index (χ4n) is 3.07. The third-order valence-electron chi connectivity index (χ3n) is 4.43. The van der Waals surface area contributed by atoms with Gasteiger partial charge in [-0.2, -0.15) is 0 Å². The zero-order valence-corrected chi connectivity index (χ0v) is 13.8. The van der Waals surface area contributed by atoms with Crippen LogP contribution in [0.1, 0.15) is 42.5 Å². The molecule has 126 valence electrons. The monoisotopic (exact) mass is 327 g/mol. The van der Waals surface area contributed by atoms with E-state index in [9.17, 15) is 9.18 Å². The van der Waals surface area contributed by atoms with Crippen molar-refractivity contribution in [2.75, 3.05) is 6.61 Å². The summed E-state index contributed by atoms with van der Waals surface area (Å²) in [6.45, 7) is 1.89. The molecule has 2 aromatic rings. The Morgan fingerprint density at radius 2 is 1.83 bits per heavy atom. The summed E-state index contributed by atoms with van der Waals surface area (Å²) in [7, 11) is 0. The number of benzene rings is 2. The van der Waals surface area contributed by atoms with Crippen molar-refractivity contribution in [3.63, 3.8) is 0 Å². The molecule has 3 rings (SSSR count). The van der Waals surface area contributed by atoms with Gasteiger partial charge in [0, 0.05) is 0 Å². The number of amides is 1. The van der Waals surface area contributed by atoms with E-state index in [1.54, 1.807) is 0 Å². The lowest BCUT2D eigenvalue weighted by molar-refractivity contribution is -0.123. The van der Waals surface area contributed by atoms with Crippen LogP contribution in [0.4, 0.5) is 4.39 Å². The molecular weight excluding hydrogens is 305 g/mol. The first-order chi connectivity index (χ1) is 11.6. The third kappa shape index (κ3) is 4.13. The number of rotatable bonds is 5. The minimum Gasteiger partial charge on any atom is -0.484 e. The highest BCUT2D eigenvalue weighted by atomic mass is 19.1. The van der Waals surface area contributed by atoms with Gasteiger partial charge in [0.25, 0.3) is 5.91 Å². The van der Waals surface area contributed by atoms with E-state index in [0.717, 1.165) is 18.4 Å². The standard InChI is InChI=1S/C20H22FNO2/c1-14(16-7-6-15-4-2-3-5-17(15)12-16)22-20(23)13-24-19-10-8-18(21)9-11-19/h6-12,14H,2-5,13H2,1H3,(H,22,23)/t14-/m0/s1. The molecule has 0 saturated heterocycles. The van der Waals surface area contributed by atoms with Gasteiger partial charge >= 0.3 is 0 Å². The summed E-state index contributed by atoms with van der Waals surface area (Å²) in [6.07, 6.45) is 4.78. The lowest BCUT2D eigenvalue weighted by Crippen LogP contribution is -2.31. The fraction of sp³-hybridized carbons (Fsp3) is 0.350. The number of hydrogen-bond acceptors (Lipinski definition) is 2. The largest absolute Gasteiger partial charge is 0.484 e. The Morgan fingerprint density at radius 1 is 1.12 bits per heavy atom. The van der Waals surface area contributed by atoms with Crippen LogP contribution in [0.15, 0.2) is 42.5 Å². The van der Waals surface area contributed by atoms with Gasteiger partial charge in [-0.25, -0.2) is 4.39 Å².